The van der Waals surface area contributed by atoms with Gasteiger partial charge < -0.3 is 9.64 Å². The molecule has 0 spiro atoms. The molecule has 1 heterocycles. The molecule has 0 aromatic rings. The standard InChI is InChI=1S/C8H16N2O4S/c1-2-14-8(11)10-5-3-7(4-6-10)15(9,12)13/h7H,2-6H2,1H3,(H2,9,12,13). The second-order valence-corrected chi connectivity index (χ2v) is 5.32. The van der Waals surface area contributed by atoms with E-state index in [1.165, 1.54) is 4.90 Å². The molecule has 0 saturated carbocycles. The Labute approximate surface area is 89.4 Å². The van der Waals surface area contributed by atoms with Crippen molar-refractivity contribution in [2.24, 2.45) is 5.14 Å². The van der Waals surface area contributed by atoms with Gasteiger partial charge in [-0.1, -0.05) is 0 Å². The molecule has 0 radical (unpaired) electrons. The van der Waals surface area contributed by atoms with E-state index < -0.39 is 15.3 Å². The Bertz CT molecular complexity index is 320. The van der Waals surface area contributed by atoms with Crippen molar-refractivity contribution in [3.63, 3.8) is 0 Å². The molecule has 1 saturated heterocycles. The Hall–Kier alpha value is -0.820. The number of primary sulfonamides is 1. The maximum Gasteiger partial charge on any atom is 0.409 e. The van der Waals surface area contributed by atoms with Crippen LogP contribution in [0.3, 0.4) is 0 Å². The topological polar surface area (TPSA) is 89.7 Å². The number of amides is 1. The van der Waals surface area contributed by atoms with Crippen molar-refractivity contribution < 1.29 is 17.9 Å². The number of piperidine rings is 1. The second-order valence-electron chi connectivity index (χ2n) is 3.47. The molecular weight excluding hydrogens is 220 g/mol. The van der Waals surface area contributed by atoms with Gasteiger partial charge in [-0.3, -0.25) is 0 Å². The van der Waals surface area contributed by atoms with E-state index in [1.807, 2.05) is 0 Å². The number of rotatable bonds is 2. The molecular formula is C8H16N2O4S. The first-order valence-corrected chi connectivity index (χ1v) is 6.49. The summed E-state index contributed by atoms with van der Waals surface area (Å²) in [6, 6.07) is 0. The van der Waals surface area contributed by atoms with Gasteiger partial charge in [-0.2, -0.15) is 0 Å². The number of hydrogen-bond acceptors (Lipinski definition) is 4. The Morgan fingerprint density at radius 1 is 1.47 bits per heavy atom. The third-order valence-corrected chi connectivity index (χ3v) is 3.83. The van der Waals surface area contributed by atoms with Crippen LogP contribution in [0, 0.1) is 0 Å². The SMILES string of the molecule is CCOC(=O)N1CCC(S(N)(=O)=O)CC1. The van der Waals surface area contributed by atoms with Gasteiger partial charge in [0.2, 0.25) is 10.0 Å². The Morgan fingerprint density at radius 3 is 2.40 bits per heavy atom. The molecule has 1 fully saturated rings. The maximum absolute atomic E-state index is 11.3. The third-order valence-electron chi connectivity index (χ3n) is 2.43. The molecule has 0 bridgehead atoms. The molecule has 0 aromatic heterocycles. The van der Waals surface area contributed by atoms with E-state index in [4.69, 9.17) is 9.88 Å². The van der Waals surface area contributed by atoms with Crippen molar-refractivity contribution in [2.45, 2.75) is 25.0 Å². The lowest BCUT2D eigenvalue weighted by molar-refractivity contribution is 0.100. The maximum atomic E-state index is 11.3. The zero-order valence-electron chi connectivity index (χ0n) is 8.68. The van der Waals surface area contributed by atoms with Crippen molar-refractivity contribution in [1.29, 1.82) is 0 Å². The molecule has 1 rings (SSSR count). The van der Waals surface area contributed by atoms with Gasteiger partial charge in [0.05, 0.1) is 11.9 Å². The summed E-state index contributed by atoms with van der Waals surface area (Å²) in [6.45, 7) is 2.84. The largest absolute Gasteiger partial charge is 0.450 e. The highest BCUT2D eigenvalue weighted by atomic mass is 32.2. The lowest BCUT2D eigenvalue weighted by Crippen LogP contribution is -2.44. The molecule has 0 unspecified atom stereocenters. The van der Waals surface area contributed by atoms with Gasteiger partial charge in [0.1, 0.15) is 0 Å². The first-order chi connectivity index (χ1) is 6.95. The summed E-state index contributed by atoms with van der Waals surface area (Å²) in [5.41, 5.74) is 0. The zero-order chi connectivity index (χ0) is 11.5. The number of nitrogens with zero attached hydrogens (tertiary/aromatic N) is 1. The van der Waals surface area contributed by atoms with E-state index in [2.05, 4.69) is 0 Å². The minimum atomic E-state index is -3.47. The van der Waals surface area contributed by atoms with Crippen LogP contribution in [0.4, 0.5) is 4.79 Å². The monoisotopic (exact) mass is 236 g/mol. The van der Waals surface area contributed by atoms with Gasteiger partial charge in [-0.05, 0) is 19.8 Å². The summed E-state index contributed by atoms with van der Waals surface area (Å²) in [6.07, 6.45) is 0.389. The quantitative estimate of drug-likeness (QED) is 0.724. The van der Waals surface area contributed by atoms with Crippen LogP contribution in [0.5, 0.6) is 0 Å². The van der Waals surface area contributed by atoms with E-state index in [0.717, 1.165) is 0 Å². The average molecular weight is 236 g/mol. The van der Waals surface area contributed by atoms with E-state index in [-0.39, 0.29) is 6.09 Å². The van der Waals surface area contributed by atoms with Crippen molar-refractivity contribution >= 4 is 16.1 Å². The molecule has 0 aliphatic carbocycles. The van der Waals surface area contributed by atoms with E-state index >= 15 is 0 Å². The number of sulfonamides is 1. The van der Waals surface area contributed by atoms with Crippen molar-refractivity contribution in [2.75, 3.05) is 19.7 Å². The normalized spacial score (nSPS) is 18.9. The summed E-state index contributed by atoms with van der Waals surface area (Å²) in [5, 5.41) is 4.50. The van der Waals surface area contributed by atoms with Crippen LogP contribution in [0.2, 0.25) is 0 Å². The van der Waals surface area contributed by atoms with Crippen LogP contribution in [0.15, 0.2) is 0 Å². The molecule has 2 N–H and O–H groups in total. The van der Waals surface area contributed by atoms with E-state index in [9.17, 15) is 13.2 Å². The number of hydrogen-bond donors (Lipinski definition) is 1. The minimum absolute atomic E-state index is 0.327. The van der Waals surface area contributed by atoms with Gasteiger partial charge in [-0.25, -0.2) is 18.4 Å². The predicted molar refractivity (Wildman–Crippen MR) is 54.7 cm³/mol. The number of nitrogens with two attached hydrogens (primary N) is 1. The van der Waals surface area contributed by atoms with Crippen LogP contribution >= 0.6 is 0 Å². The summed E-state index contributed by atoms with van der Waals surface area (Å²) in [7, 11) is -3.47. The lowest BCUT2D eigenvalue weighted by Gasteiger charge is -2.29. The molecule has 0 atom stereocenters. The molecule has 7 heteroatoms. The summed E-state index contributed by atoms with van der Waals surface area (Å²) < 4.78 is 26.9. The minimum Gasteiger partial charge on any atom is -0.450 e. The van der Waals surface area contributed by atoms with Gasteiger partial charge in [0.15, 0.2) is 0 Å². The number of carbonyl (C=O) groups excluding carboxylic acids is 1. The number of carbonyl (C=O) groups is 1. The third kappa shape index (κ3) is 3.35. The molecule has 1 aliphatic rings. The molecule has 1 amide bonds. The van der Waals surface area contributed by atoms with Crippen molar-refractivity contribution in [1.82, 2.24) is 4.90 Å². The average Bonchev–Trinajstić information content (AvgIpc) is 2.17. The van der Waals surface area contributed by atoms with Crippen LogP contribution in [-0.4, -0.2) is 44.4 Å². The van der Waals surface area contributed by atoms with Crippen LogP contribution in [-0.2, 0) is 14.8 Å². The van der Waals surface area contributed by atoms with Crippen LogP contribution < -0.4 is 5.14 Å². The summed E-state index contributed by atoms with van der Waals surface area (Å²) >= 11 is 0. The Kier molecular flexibility index (Phi) is 3.92. The number of ether oxygens (including phenoxy) is 1. The van der Waals surface area contributed by atoms with Crippen LogP contribution in [0.25, 0.3) is 0 Å². The first-order valence-electron chi connectivity index (χ1n) is 4.88. The van der Waals surface area contributed by atoms with Crippen LogP contribution in [0.1, 0.15) is 19.8 Å². The summed E-state index contributed by atoms with van der Waals surface area (Å²) in [5.74, 6) is 0. The predicted octanol–water partition coefficient (Wildman–Crippen LogP) is -0.104. The highest BCUT2D eigenvalue weighted by molar-refractivity contribution is 7.89. The molecule has 6 nitrogen and oxygen atoms in total. The Morgan fingerprint density at radius 2 is 2.00 bits per heavy atom. The van der Waals surface area contributed by atoms with E-state index in [1.54, 1.807) is 6.92 Å². The first kappa shape index (κ1) is 12.3. The molecule has 0 aromatic carbocycles. The zero-order valence-corrected chi connectivity index (χ0v) is 9.50. The molecule has 88 valence electrons. The van der Waals surface area contributed by atoms with E-state index in [0.29, 0.717) is 32.5 Å². The fraction of sp³-hybridized carbons (Fsp3) is 0.875. The highest BCUT2D eigenvalue weighted by Gasteiger charge is 2.29. The van der Waals surface area contributed by atoms with Gasteiger partial charge >= 0.3 is 6.09 Å². The second kappa shape index (κ2) is 4.80. The highest BCUT2D eigenvalue weighted by Crippen LogP contribution is 2.16. The van der Waals surface area contributed by atoms with Crippen molar-refractivity contribution in [3.05, 3.63) is 0 Å². The number of likely N-dealkylation sites (tertiary alicyclic amines) is 1. The molecule has 1 aliphatic heterocycles. The van der Waals surface area contributed by atoms with Gasteiger partial charge in [0, 0.05) is 13.1 Å². The fourth-order valence-corrected chi connectivity index (χ4v) is 2.45. The van der Waals surface area contributed by atoms with Crippen molar-refractivity contribution in [3.8, 4) is 0 Å². The fourth-order valence-electron chi connectivity index (χ4n) is 1.58. The molecule has 15 heavy (non-hydrogen) atoms. The smallest absolute Gasteiger partial charge is 0.409 e. The van der Waals surface area contributed by atoms with Gasteiger partial charge in [0.25, 0.3) is 0 Å². The lowest BCUT2D eigenvalue weighted by atomic mass is 10.1. The summed E-state index contributed by atoms with van der Waals surface area (Å²) in [4.78, 5) is 12.8. The Balaban J connectivity index is 2.46. The van der Waals surface area contributed by atoms with Gasteiger partial charge in [-0.15, -0.1) is 0 Å².